The minimum atomic E-state index is 0.929. The van der Waals surface area contributed by atoms with Crippen molar-refractivity contribution in [1.82, 2.24) is 0 Å². The molecule has 0 heterocycles. The van der Waals surface area contributed by atoms with Crippen molar-refractivity contribution in [3.63, 3.8) is 0 Å². The number of hydrogen-bond acceptors (Lipinski definition) is 0. The average molecular weight is 212 g/mol. The first-order chi connectivity index (χ1) is 7.15. The van der Waals surface area contributed by atoms with Crippen molar-refractivity contribution in [2.75, 3.05) is 0 Å². The van der Waals surface area contributed by atoms with Crippen molar-refractivity contribution < 1.29 is 0 Å². The van der Waals surface area contributed by atoms with Crippen LogP contribution in [0.5, 0.6) is 0 Å². The van der Waals surface area contributed by atoms with Crippen LogP contribution in [0.25, 0.3) is 0 Å². The third-order valence-corrected chi connectivity index (χ3v) is 4.10. The van der Waals surface area contributed by atoms with Gasteiger partial charge >= 0.3 is 0 Å². The molecular formula is C15H32. The fourth-order valence-electron chi connectivity index (χ4n) is 2.22. The summed E-state index contributed by atoms with van der Waals surface area (Å²) in [6, 6.07) is 0. The largest absolute Gasteiger partial charge is 0.0654 e. The molecule has 0 saturated carbocycles. The lowest BCUT2D eigenvalue weighted by Crippen LogP contribution is -2.12. The van der Waals surface area contributed by atoms with Gasteiger partial charge in [0.2, 0.25) is 0 Å². The van der Waals surface area contributed by atoms with Gasteiger partial charge in [0.15, 0.2) is 0 Å². The second-order valence-corrected chi connectivity index (χ2v) is 5.38. The summed E-state index contributed by atoms with van der Waals surface area (Å²) in [6.07, 6.45) is 9.85. The highest BCUT2D eigenvalue weighted by atomic mass is 14.2. The van der Waals surface area contributed by atoms with Crippen LogP contribution in [-0.2, 0) is 0 Å². The smallest absolute Gasteiger partial charge is 0.0388 e. The second-order valence-electron chi connectivity index (χ2n) is 5.38. The lowest BCUT2D eigenvalue weighted by molar-refractivity contribution is 0.276. The van der Waals surface area contributed by atoms with Crippen molar-refractivity contribution >= 4 is 0 Å². The monoisotopic (exact) mass is 212 g/mol. The summed E-state index contributed by atoms with van der Waals surface area (Å²) in [5, 5.41) is 0. The summed E-state index contributed by atoms with van der Waals surface area (Å²) >= 11 is 0. The van der Waals surface area contributed by atoms with Gasteiger partial charge in [-0.2, -0.15) is 0 Å². The third kappa shape index (κ3) is 6.98. The maximum Gasteiger partial charge on any atom is -0.0388 e. The molecule has 0 bridgehead atoms. The van der Waals surface area contributed by atoms with E-state index < -0.39 is 0 Å². The molecule has 0 rings (SSSR count). The Bertz CT molecular complexity index is 128. The van der Waals surface area contributed by atoms with E-state index in [4.69, 9.17) is 0 Å². The van der Waals surface area contributed by atoms with Gasteiger partial charge in [0, 0.05) is 0 Å². The molecule has 92 valence electrons. The summed E-state index contributed by atoms with van der Waals surface area (Å²) in [5.74, 6) is 2.85. The minimum Gasteiger partial charge on any atom is -0.0654 e. The molecule has 0 heteroatoms. The Labute approximate surface area is 97.8 Å². The molecule has 0 aliphatic rings. The molecule has 0 aromatic carbocycles. The number of unbranched alkanes of at least 4 members (excludes halogenated alkanes) is 1. The van der Waals surface area contributed by atoms with Gasteiger partial charge in [-0.25, -0.2) is 0 Å². The van der Waals surface area contributed by atoms with E-state index >= 15 is 0 Å². The van der Waals surface area contributed by atoms with Crippen LogP contribution < -0.4 is 0 Å². The zero-order valence-electron chi connectivity index (χ0n) is 11.7. The van der Waals surface area contributed by atoms with E-state index in [0.29, 0.717) is 0 Å². The van der Waals surface area contributed by atoms with Crippen molar-refractivity contribution in [3.8, 4) is 0 Å². The molecule has 0 radical (unpaired) electrons. The fourth-order valence-corrected chi connectivity index (χ4v) is 2.22. The molecule has 0 spiro atoms. The van der Waals surface area contributed by atoms with E-state index in [1.165, 1.54) is 44.9 Å². The Kier molecular flexibility index (Phi) is 9.24. The molecule has 0 aliphatic heterocycles. The first-order valence-corrected chi connectivity index (χ1v) is 7.15. The van der Waals surface area contributed by atoms with E-state index in [1.54, 1.807) is 0 Å². The SMILES string of the molecule is CCCCC(CCC(C)CC)C(C)CC. The van der Waals surface area contributed by atoms with Crippen LogP contribution in [0, 0.1) is 17.8 Å². The Morgan fingerprint density at radius 2 is 1.47 bits per heavy atom. The van der Waals surface area contributed by atoms with E-state index in [-0.39, 0.29) is 0 Å². The maximum absolute atomic E-state index is 2.44. The lowest BCUT2D eigenvalue weighted by Gasteiger charge is -2.24. The summed E-state index contributed by atoms with van der Waals surface area (Å²) in [4.78, 5) is 0. The van der Waals surface area contributed by atoms with Gasteiger partial charge in [-0.1, -0.05) is 73.1 Å². The highest BCUT2D eigenvalue weighted by Crippen LogP contribution is 2.28. The first-order valence-electron chi connectivity index (χ1n) is 7.15. The van der Waals surface area contributed by atoms with Gasteiger partial charge in [0.25, 0.3) is 0 Å². The predicted molar refractivity (Wildman–Crippen MR) is 71.2 cm³/mol. The van der Waals surface area contributed by atoms with Crippen LogP contribution in [0.3, 0.4) is 0 Å². The highest BCUT2D eigenvalue weighted by molar-refractivity contribution is 4.67. The molecule has 0 nitrogen and oxygen atoms in total. The zero-order chi connectivity index (χ0) is 11.7. The molecule has 0 N–H and O–H groups in total. The molecule has 3 unspecified atom stereocenters. The van der Waals surface area contributed by atoms with E-state index in [9.17, 15) is 0 Å². The Morgan fingerprint density at radius 1 is 0.800 bits per heavy atom. The lowest BCUT2D eigenvalue weighted by atomic mass is 9.82. The molecule has 0 amide bonds. The maximum atomic E-state index is 2.44. The van der Waals surface area contributed by atoms with Crippen molar-refractivity contribution in [2.24, 2.45) is 17.8 Å². The molecule has 0 aromatic rings. The van der Waals surface area contributed by atoms with E-state index in [0.717, 1.165) is 17.8 Å². The molecule has 0 saturated heterocycles. The van der Waals surface area contributed by atoms with Crippen molar-refractivity contribution in [2.45, 2.75) is 79.6 Å². The molecule has 3 atom stereocenters. The first kappa shape index (κ1) is 15.0. The van der Waals surface area contributed by atoms with Gasteiger partial charge in [0.1, 0.15) is 0 Å². The Balaban J connectivity index is 3.89. The Hall–Kier alpha value is 0. The van der Waals surface area contributed by atoms with Gasteiger partial charge in [-0.15, -0.1) is 0 Å². The fraction of sp³-hybridized carbons (Fsp3) is 1.00. The van der Waals surface area contributed by atoms with Gasteiger partial charge in [-0.05, 0) is 24.2 Å². The quantitative estimate of drug-likeness (QED) is 0.462. The second kappa shape index (κ2) is 9.24. The highest BCUT2D eigenvalue weighted by Gasteiger charge is 2.15. The van der Waals surface area contributed by atoms with Crippen LogP contribution in [0.1, 0.15) is 79.6 Å². The summed E-state index contributed by atoms with van der Waals surface area (Å²) < 4.78 is 0. The van der Waals surface area contributed by atoms with Gasteiger partial charge in [0.05, 0.1) is 0 Å². The topological polar surface area (TPSA) is 0 Å². The van der Waals surface area contributed by atoms with Crippen LogP contribution in [-0.4, -0.2) is 0 Å². The van der Waals surface area contributed by atoms with Crippen LogP contribution >= 0.6 is 0 Å². The van der Waals surface area contributed by atoms with Crippen LogP contribution in [0.15, 0.2) is 0 Å². The third-order valence-electron chi connectivity index (χ3n) is 4.10. The van der Waals surface area contributed by atoms with Crippen LogP contribution in [0.2, 0.25) is 0 Å². The molecule has 0 fully saturated rings. The predicted octanol–water partition coefficient (Wildman–Crippen LogP) is 5.67. The summed E-state index contributed by atoms with van der Waals surface area (Å²) in [5.41, 5.74) is 0. The standard InChI is InChI=1S/C15H32/c1-6-9-10-15(14(5)8-3)12-11-13(4)7-2/h13-15H,6-12H2,1-5H3. The summed E-state index contributed by atoms with van der Waals surface area (Å²) in [6.45, 7) is 11.8. The minimum absolute atomic E-state index is 0.929. The van der Waals surface area contributed by atoms with Gasteiger partial charge in [-0.3, -0.25) is 0 Å². The molecular weight excluding hydrogens is 180 g/mol. The van der Waals surface area contributed by atoms with Crippen LogP contribution in [0.4, 0.5) is 0 Å². The van der Waals surface area contributed by atoms with Crippen molar-refractivity contribution in [3.05, 3.63) is 0 Å². The number of hydrogen-bond donors (Lipinski definition) is 0. The van der Waals surface area contributed by atoms with E-state index in [1.807, 2.05) is 0 Å². The van der Waals surface area contributed by atoms with Crippen molar-refractivity contribution in [1.29, 1.82) is 0 Å². The number of rotatable bonds is 9. The zero-order valence-corrected chi connectivity index (χ0v) is 11.7. The molecule has 15 heavy (non-hydrogen) atoms. The normalized spacial score (nSPS) is 17.4. The average Bonchev–Trinajstić information content (AvgIpc) is 2.27. The van der Waals surface area contributed by atoms with E-state index in [2.05, 4.69) is 34.6 Å². The Morgan fingerprint density at radius 3 is 1.93 bits per heavy atom. The van der Waals surface area contributed by atoms with Gasteiger partial charge < -0.3 is 0 Å². The molecule has 0 aliphatic carbocycles. The molecule has 0 aromatic heterocycles. The summed E-state index contributed by atoms with van der Waals surface area (Å²) in [7, 11) is 0.